The maximum Gasteiger partial charge on any atom is 0.167 e. The van der Waals surface area contributed by atoms with Crippen molar-refractivity contribution in [1.82, 2.24) is 0 Å². The number of aromatic hydroxyl groups is 2. The summed E-state index contributed by atoms with van der Waals surface area (Å²) in [7, 11) is 0. The van der Waals surface area contributed by atoms with Gasteiger partial charge in [-0.25, -0.2) is 0 Å². The molecule has 0 unspecified atom stereocenters. The summed E-state index contributed by atoms with van der Waals surface area (Å²) >= 11 is 0. The van der Waals surface area contributed by atoms with E-state index in [9.17, 15) is 9.90 Å². The van der Waals surface area contributed by atoms with E-state index in [1.54, 1.807) is 36.4 Å². The van der Waals surface area contributed by atoms with Crippen LogP contribution in [0.4, 0.5) is 0 Å². The Morgan fingerprint density at radius 3 is 2.29 bits per heavy atom. The normalized spacial score (nSPS) is 10.1. The number of hydrogen-bond acceptors (Lipinski definition) is 3. The Hall–Kier alpha value is -2.29. The van der Waals surface area contributed by atoms with Crippen LogP contribution >= 0.6 is 0 Å². The summed E-state index contributed by atoms with van der Waals surface area (Å²) in [6.07, 6.45) is 0.235. The third kappa shape index (κ3) is 2.84. The lowest BCUT2D eigenvalue weighted by molar-refractivity contribution is 0.0993. The summed E-state index contributed by atoms with van der Waals surface area (Å²) in [6.45, 7) is 0. The Balaban J connectivity index is 2.14. The van der Waals surface area contributed by atoms with E-state index >= 15 is 0 Å². The molecule has 0 aliphatic carbocycles. The smallest absolute Gasteiger partial charge is 0.167 e. The molecule has 0 fully saturated rings. The Bertz CT molecular complexity index is 529. The summed E-state index contributed by atoms with van der Waals surface area (Å²) in [6, 6.07) is 12.8. The van der Waals surface area contributed by atoms with E-state index in [0.29, 0.717) is 5.56 Å². The number of carbonyl (C=O) groups is 1. The summed E-state index contributed by atoms with van der Waals surface area (Å²) in [5, 5.41) is 18.4. The molecule has 0 heterocycles. The fraction of sp³-hybridized carbons (Fsp3) is 0.0714. The second kappa shape index (κ2) is 4.70. The summed E-state index contributed by atoms with van der Waals surface area (Å²) in [4.78, 5) is 11.9. The number of Topliss-reactive ketones (excluding diaryl/α,β-unsaturated/α-hetero) is 1. The zero-order valence-electron chi connectivity index (χ0n) is 9.13. The minimum Gasteiger partial charge on any atom is -0.508 e. The molecule has 17 heavy (non-hydrogen) atoms. The molecule has 0 amide bonds. The van der Waals surface area contributed by atoms with Gasteiger partial charge in [0.15, 0.2) is 5.78 Å². The highest BCUT2D eigenvalue weighted by atomic mass is 16.3. The van der Waals surface area contributed by atoms with Gasteiger partial charge in [0.25, 0.3) is 0 Å². The van der Waals surface area contributed by atoms with E-state index in [2.05, 4.69) is 0 Å². The van der Waals surface area contributed by atoms with Crippen LogP contribution in [-0.4, -0.2) is 16.0 Å². The number of benzene rings is 2. The van der Waals surface area contributed by atoms with Crippen molar-refractivity contribution in [2.75, 3.05) is 0 Å². The Morgan fingerprint density at radius 2 is 1.65 bits per heavy atom. The fourth-order valence-corrected chi connectivity index (χ4v) is 1.60. The summed E-state index contributed by atoms with van der Waals surface area (Å²) < 4.78 is 0. The SMILES string of the molecule is O=C(Cc1cccc(O)c1)c1ccc(O)cc1. The van der Waals surface area contributed by atoms with Crippen molar-refractivity contribution in [3.8, 4) is 11.5 Å². The summed E-state index contributed by atoms with van der Waals surface area (Å²) in [5.41, 5.74) is 1.31. The molecule has 3 nitrogen and oxygen atoms in total. The highest BCUT2D eigenvalue weighted by molar-refractivity contribution is 5.97. The third-order valence-electron chi connectivity index (χ3n) is 2.46. The maximum absolute atomic E-state index is 11.9. The van der Waals surface area contributed by atoms with E-state index in [0.717, 1.165) is 5.56 Å². The van der Waals surface area contributed by atoms with Gasteiger partial charge in [-0.05, 0) is 42.0 Å². The molecule has 0 spiro atoms. The molecule has 86 valence electrons. The molecule has 0 saturated heterocycles. The van der Waals surface area contributed by atoms with Crippen LogP contribution in [0.1, 0.15) is 15.9 Å². The number of rotatable bonds is 3. The predicted octanol–water partition coefficient (Wildman–Crippen LogP) is 2.52. The number of ketones is 1. The zero-order chi connectivity index (χ0) is 12.3. The van der Waals surface area contributed by atoms with Gasteiger partial charge in [-0.3, -0.25) is 4.79 Å². The van der Waals surface area contributed by atoms with E-state index < -0.39 is 0 Å². The molecule has 0 saturated carbocycles. The van der Waals surface area contributed by atoms with E-state index in [1.165, 1.54) is 12.1 Å². The van der Waals surface area contributed by atoms with Gasteiger partial charge >= 0.3 is 0 Å². The van der Waals surface area contributed by atoms with Crippen molar-refractivity contribution < 1.29 is 15.0 Å². The highest BCUT2D eigenvalue weighted by Crippen LogP contribution is 2.15. The van der Waals surface area contributed by atoms with Gasteiger partial charge in [0.2, 0.25) is 0 Å². The Kier molecular flexibility index (Phi) is 3.10. The lowest BCUT2D eigenvalue weighted by Gasteiger charge is -2.02. The molecular weight excluding hydrogens is 216 g/mol. The summed E-state index contributed by atoms with van der Waals surface area (Å²) in [5.74, 6) is 0.246. The van der Waals surface area contributed by atoms with Gasteiger partial charge in [0.1, 0.15) is 11.5 Å². The van der Waals surface area contributed by atoms with Crippen LogP contribution in [-0.2, 0) is 6.42 Å². The van der Waals surface area contributed by atoms with Crippen molar-refractivity contribution in [2.45, 2.75) is 6.42 Å². The number of phenols is 2. The topological polar surface area (TPSA) is 57.5 Å². The Morgan fingerprint density at radius 1 is 0.941 bits per heavy atom. The first kappa shape index (κ1) is 11.2. The zero-order valence-corrected chi connectivity index (χ0v) is 9.13. The van der Waals surface area contributed by atoms with Crippen molar-refractivity contribution in [1.29, 1.82) is 0 Å². The molecular formula is C14H12O3. The van der Waals surface area contributed by atoms with Crippen molar-refractivity contribution in [3.63, 3.8) is 0 Å². The highest BCUT2D eigenvalue weighted by Gasteiger charge is 2.07. The average molecular weight is 228 g/mol. The Labute approximate surface area is 99.0 Å². The molecule has 2 rings (SSSR count). The first-order valence-corrected chi connectivity index (χ1v) is 5.25. The standard InChI is InChI=1S/C14H12O3/c15-12-6-4-11(5-7-12)14(17)9-10-2-1-3-13(16)8-10/h1-8,15-16H,9H2. The minimum atomic E-state index is -0.0457. The largest absolute Gasteiger partial charge is 0.508 e. The van der Waals surface area contributed by atoms with Crippen LogP contribution in [0.5, 0.6) is 11.5 Å². The quantitative estimate of drug-likeness (QED) is 0.793. The third-order valence-corrected chi connectivity index (χ3v) is 2.46. The van der Waals surface area contributed by atoms with Gasteiger partial charge in [0.05, 0.1) is 0 Å². The van der Waals surface area contributed by atoms with Crippen LogP contribution in [0.2, 0.25) is 0 Å². The van der Waals surface area contributed by atoms with Gasteiger partial charge in [-0.15, -0.1) is 0 Å². The molecule has 0 aliphatic rings. The molecule has 2 N–H and O–H groups in total. The lowest BCUT2D eigenvalue weighted by atomic mass is 10.0. The van der Waals surface area contributed by atoms with Crippen LogP contribution in [0.25, 0.3) is 0 Å². The number of hydrogen-bond donors (Lipinski definition) is 2. The van der Waals surface area contributed by atoms with Gasteiger partial charge in [-0.2, -0.15) is 0 Å². The first-order valence-electron chi connectivity index (χ1n) is 5.25. The van der Waals surface area contributed by atoms with E-state index in [-0.39, 0.29) is 23.7 Å². The minimum absolute atomic E-state index is 0.0457. The van der Waals surface area contributed by atoms with Crippen LogP contribution in [0.15, 0.2) is 48.5 Å². The van der Waals surface area contributed by atoms with Crippen LogP contribution in [0, 0.1) is 0 Å². The molecule has 0 atom stereocenters. The van der Waals surface area contributed by atoms with E-state index in [4.69, 9.17) is 5.11 Å². The maximum atomic E-state index is 11.9. The number of carbonyl (C=O) groups excluding carboxylic acids is 1. The second-order valence-electron chi connectivity index (χ2n) is 3.82. The van der Waals surface area contributed by atoms with Crippen LogP contribution < -0.4 is 0 Å². The van der Waals surface area contributed by atoms with Crippen molar-refractivity contribution in [3.05, 3.63) is 59.7 Å². The second-order valence-corrected chi connectivity index (χ2v) is 3.82. The monoisotopic (exact) mass is 228 g/mol. The van der Waals surface area contributed by atoms with E-state index in [1.807, 2.05) is 0 Å². The number of phenolic OH excluding ortho intramolecular Hbond substituents is 2. The van der Waals surface area contributed by atoms with Crippen LogP contribution in [0.3, 0.4) is 0 Å². The van der Waals surface area contributed by atoms with Crippen molar-refractivity contribution in [2.24, 2.45) is 0 Å². The first-order chi connectivity index (χ1) is 8.15. The molecule has 0 aliphatic heterocycles. The fourth-order valence-electron chi connectivity index (χ4n) is 1.60. The molecule has 0 bridgehead atoms. The lowest BCUT2D eigenvalue weighted by Crippen LogP contribution is -2.02. The van der Waals surface area contributed by atoms with Crippen molar-refractivity contribution >= 4 is 5.78 Å². The molecule has 2 aromatic rings. The predicted molar refractivity (Wildman–Crippen MR) is 64.2 cm³/mol. The molecule has 0 aromatic heterocycles. The van der Waals surface area contributed by atoms with Gasteiger partial charge in [0, 0.05) is 12.0 Å². The average Bonchev–Trinajstić information content (AvgIpc) is 2.29. The molecule has 0 radical (unpaired) electrons. The van der Waals surface area contributed by atoms with Gasteiger partial charge < -0.3 is 10.2 Å². The molecule has 3 heteroatoms. The van der Waals surface area contributed by atoms with Gasteiger partial charge in [-0.1, -0.05) is 12.1 Å². The molecule has 2 aromatic carbocycles.